The zero-order valence-electron chi connectivity index (χ0n) is 10.9. The number of aromatic amines is 1. The average molecular weight is 271 g/mol. The third-order valence-corrected chi connectivity index (χ3v) is 3.35. The highest BCUT2D eigenvalue weighted by atomic mass is 35.5. The van der Waals surface area contributed by atoms with E-state index >= 15 is 0 Å². The minimum Gasteiger partial charge on any atom is -0.361 e. The zero-order chi connectivity index (χ0) is 13.4. The number of nitrogens with one attached hydrogen (secondary N) is 2. The van der Waals surface area contributed by atoms with E-state index in [4.69, 9.17) is 11.6 Å². The maximum Gasteiger partial charge on any atom is 0.0494 e. The van der Waals surface area contributed by atoms with Crippen molar-refractivity contribution in [1.82, 2.24) is 4.98 Å². The molecule has 0 radical (unpaired) electrons. The van der Waals surface area contributed by atoms with Gasteiger partial charge in [0, 0.05) is 33.5 Å². The Bertz CT molecular complexity index is 723. The Hall–Kier alpha value is -1.93. The topological polar surface area (TPSA) is 27.8 Å². The van der Waals surface area contributed by atoms with Crippen LogP contribution in [0.4, 0.5) is 11.4 Å². The van der Waals surface area contributed by atoms with E-state index < -0.39 is 0 Å². The van der Waals surface area contributed by atoms with Gasteiger partial charge in [0.05, 0.1) is 0 Å². The minimum atomic E-state index is 0.724. The van der Waals surface area contributed by atoms with E-state index in [2.05, 4.69) is 48.4 Å². The van der Waals surface area contributed by atoms with Crippen molar-refractivity contribution in [2.24, 2.45) is 0 Å². The summed E-state index contributed by atoms with van der Waals surface area (Å²) in [7, 11) is 0. The fourth-order valence-corrected chi connectivity index (χ4v) is 2.66. The van der Waals surface area contributed by atoms with Gasteiger partial charge in [-0.1, -0.05) is 17.7 Å². The summed E-state index contributed by atoms with van der Waals surface area (Å²) in [6.45, 7) is 4.20. The molecule has 0 aliphatic rings. The third-order valence-electron chi connectivity index (χ3n) is 3.13. The number of hydrogen-bond acceptors (Lipinski definition) is 1. The number of rotatable bonds is 2. The number of fused-ring (bicyclic) bond motifs is 1. The molecule has 0 aliphatic heterocycles. The molecule has 0 bridgehead atoms. The normalized spacial score (nSPS) is 10.9. The van der Waals surface area contributed by atoms with Crippen LogP contribution < -0.4 is 5.32 Å². The molecule has 0 fully saturated rings. The van der Waals surface area contributed by atoms with E-state index in [1.807, 2.05) is 18.3 Å². The van der Waals surface area contributed by atoms with E-state index in [0.29, 0.717) is 0 Å². The lowest BCUT2D eigenvalue weighted by atomic mass is 10.1. The van der Waals surface area contributed by atoms with Gasteiger partial charge >= 0.3 is 0 Å². The number of halogens is 1. The molecule has 2 nitrogen and oxygen atoms in total. The second-order valence-electron chi connectivity index (χ2n) is 4.89. The fourth-order valence-electron chi connectivity index (χ4n) is 2.44. The summed E-state index contributed by atoms with van der Waals surface area (Å²) < 4.78 is 0. The third kappa shape index (κ3) is 2.45. The van der Waals surface area contributed by atoms with Crippen molar-refractivity contribution >= 4 is 33.9 Å². The average Bonchev–Trinajstić information content (AvgIpc) is 2.75. The zero-order valence-corrected chi connectivity index (χ0v) is 11.7. The molecule has 0 saturated carbocycles. The number of benzene rings is 2. The molecule has 0 unspecified atom stereocenters. The lowest BCUT2D eigenvalue weighted by molar-refractivity contribution is 1.38. The van der Waals surface area contributed by atoms with Crippen LogP contribution in [0, 0.1) is 13.8 Å². The predicted octanol–water partition coefficient (Wildman–Crippen LogP) is 5.18. The van der Waals surface area contributed by atoms with Crippen LogP contribution in [-0.4, -0.2) is 4.98 Å². The maximum atomic E-state index is 6.15. The summed E-state index contributed by atoms with van der Waals surface area (Å²) in [5.41, 5.74) is 5.64. The monoisotopic (exact) mass is 270 g/mol. The number of H-pyrrole nitrogens is 1. The summed E-state index contributed by atoms with van der Waals surface area (Å²) in [5, 5.41) is 5.32. The Kier molecular flexibility index (Phi) is 2.96. The molecule has 0 spiro atoms. The quantitative estimate of drug-likeness (QED) is 0.660. The second kappa shape index (κ2) is 4.63. The molecule has 3 heteroatoms. The summed E-state index contributed by atoms with van der Waals surface area (Å²) in [4.78, 5) is 3.18. The van der Waals surface area contributed by atoms with Crippen LogP contribution >= 0.6 is 11.6 Å². The van der Waals surface area contributed by atoms with Gasteiger partial charge in [-0.15, -0.1) is 0 Å². The van der Waals surface area contributed by atoms with Gasteiger partial charge in [-0.25, -0.2) is 0 Å². The Morgan fingerprint density at radius 2 is 1.74 bits per heavy atom. The van der Waals surface area contributed by atoms with Crippen LogP contribution in [0.1, 0.15) is 11.1 Å². The maximum absolute atomic E-state index is 6.15. The van der Waals surface area contributed by atoms with Crippen molar-refractivity contribution in [2.75, 3.05) is 5.32 Å². The van der Waals surface area contributed by atoms with E-state index in [-0.39, 0.29) is 0 Å². The first-order valence-corrected chi connectivity index (χ1v) is 6.61. The molecule has 2 N–H and O–H groups in total. The van der Waals surface area contributed by atoms with Crippen LogP contribution in [0.15, 0.2) is 42.6 Å². The molecule has 2 aromatic carbocycles. The molecule has 1 heterocycles. The van der Waals surface area contributed by atoms with Gasteiger partial charge < -0.3 is 10.3 Å². The molecule has 1 aromatic heterocycles. The fraction of sp³-hybridized carbons (Fsp3) is 0.125. The van der Waals surface area contributed by atoms with Crippen molar-refractivity contribution in [1.29, 1.82) is 0 Å². The van der Waals surface area contributed by atoms with E-state index in [1.165, 1.54) is 11.1 Å². The first-order valence-electron chi connectivity index (χ1n) is 6.24. The number of aryl methyl sites for hydroxylation is 2. The number of hydrogen-bond donors (Lipinski definition) is 2. The lowest BCUT2D eigenvalue weighted by Crippen LogP contribution is -1.92. The van der Waals surface area contributed by atoms with Gasteiger partial charge in [0.1, 0.15) is 0 Å². The van der Waals surface area contributed by atoms with Crippen LogP contribution in [0.5, 0.6) is 0 Å². The summed E-state index contributed by atoms with van der Waals surface area (Å²) in [5.74, 6) is 0. The minimum absolute atomic E-state index is 0.724. The Morgan fingerprint density at radius 1 is 1.00 bits per heavy atom. The molecule has 3 aromatic rings. The standard InChI is InChI=1S/C16H15ClN2/c1-10-5-11(2)7-13(6-10)19-16-9-12(17)8-15-14(16)3-4-18-15/h3-9,18-19H,1-2H3. The Morgan fingerprint density at radius 3 is 2.47 bits per heavy atom. The lowest BCUT2D eigenvalue weighted by Gasteiger charge is -2.10. The van der Waals surface area contributed by atoms with Gasteiger partial charge in [-0.2, -0.15) is 0 Å². The molecule has 96 valence electrons. The van der Waals surface area contributed by atoms with Crippen LogP contribution in [-0.2, 0) is 0 Å². The molecular weight excluding hydrogens is 256 g/mol. The second-order valence-corrected chi connectivity index (χ2v) is 5.33. The van der Waals surface area contributed by atoms with E-state index in [9.17, 15) is 0 Å². The number of anilines is 2. The molecule has 0 atom stereocenters. The Labute approximate surface area is 117 Å². The van der Waals surface area contributed by atoms with E-state index in [1.54, 1.807) is 0 Å². The highest BCUT2D eigenvalue weighted by Gasteiger charge is 2.05. The molecule has 19 heavy (non-hydrogen) atoms. The van der Waals surface area contributed by atoms with Gasteiger partial charge in [0.2, 0.25) is 0 Å². The largest absolute Gasteiger partial charge is 0.361 e. The van der Waals surface area contributed by atoms with Gasteiger partial charge in [-0.05, 0) is 55.3 Å². The smallest absolute Gasteiger partial charge is 0.0494 e. The van der Waals surface area contributed by atoms with E-state index in [0.717, 1.165) is 27.3 Å². The molecule has 0 saturated heterocycles. The van der Waals surface area contributed by atoms with Gasteiger partial charge in [0.15, 0.2) is 0 Å². The molecular formula is C16H15ClN2. The summed E-state index contributed by atoms with van der Waals surface area (Å²) in [6.07, 6.45) is 1.92. The number of aromatic nitrogens is 1. The van der Waals surface area contributed by atoms with Crippen LogP contribution in [0.25, 0.3) is 10.9 Å². The SMILES string of the molecule is Cc1cc(C)cc(Nc2cc(Cl)cc3[nH]ccc23)c1. The highest BCUT2D eigenvalue weighted by Crippen LogP contribution is 2.30. The summed E-state index contributed by atoms with van der Waals surface area (Å²) in [6, 6.07) is 12.4. The van der Waals surface area contributed by atoms with Crippen molar-refractivity contribution < 1.29 is 0 Å². The predicted molar refractivity (Wildman–Crippen MR) is 82.5 cm³/mol. The van der Waals surface area contributed by atoms with Crippen molar-refractivity contribution in [3.8, 4) is 0 Å². The molecule has 0 amide bonds. The van der Waals surface area contributed by atoms with Crippen molar-refractivity contribution in [3.63, 3.8) is 0 Å². The highest BCUT2D eigenvalue weighted by molar-refractivity contribution is 6.31. The first-order chi connectivity index (χ1) is 9.11. The first kappa shape index (κ1) is 12.1. The molecule has 0 aliphatic carbocycles. The van der Waals surface area contributed by atoms with Gasteiger partial charge in [-0.3, -0.25) is 0 Å². The van der Waals surface area contributed by atoms with Gasteiger partial charge in [0.25, 0.3) is 0 Å². The summed E-state index contributed by atoms with van der Waals surface area (Å²) >= 11 is 6.15. The van der Waals surface area contributed by atoms with Crippen LogP contribution in [0.2, 0.25) is 5.02 Å². The van der Waals surface area contributed by atoms with Crippen LogP contribution in [0.3, 0.4) is 0 Å². The molecule has 3 rings (SSSR count). The van der Waals surface area contributed by atoms with Crippen molar-refractivity contribution in [3.05, 3.63) is 58.7 Å². The van der Waals surface area contributed by atoms with Crippen molar-refractivity contribution in [2.45, 2.75) is 13.8 Å². The Balaban J connectivity index is 2.07.